The number of aromatic nitrogens is 2. The van der Waals surface area contributed by atoms with Crippen molar-refractivity contribution >= 4 is 40.1 Å². The molecule has 0 unspecified atom stereocenters. The van der Waals surface area contributed by atoms with E-state index in [4.69, 9.17) is 16.3 Å². The summed E-state index contributed by atoms with van der Waals surface area (Å²) in [7, 11) is 1.52. The molecule has 1 fully saturated rings. The number of methoxy groups -OCH3 is 1. The third kappa shape index (κ3) is 4.80. The molecule has 0 aliphatic heterocycles. The van der Waals surface area contributed by atoms with Crippen LogP contribution in [-0.4, -0.2) is 34.9 Å². The van der Waals surface area contributed by atoms with Crippen LogP contribution in [0.1, 0.15) is 36.0 Å². The number of fused-ring (bicyclic) bond motifs is 1. The molecule has 32 heavy (non-hydrogen) atoms. The van der Waals surface area contributed by atoms with E-state index in [0.29, 0.717) is 53.8 Å². The maximum atomic E-state index is 13.2. The van der Waals surface area contributed by atoms with Crippen LogP contribution in [0, 0.1) is 11.7 Å². The van der Waals surface area contributed by atoms with Crippen LogP contribution in [0.25, 0.3) is 11.0 Å². The van der Waals surface area contributed by atoms with E-state index < -0.39 is 5.82 Å². The van der Waals surface area contributed by atoms with Gasteiger partial charge < -0.3 is 15.4 Å². The molecule has 1 aromatic carbocycles. The van der Waals surface area contributed by atoms with Crippen LogP contribution < -0.4 is 15.4 Å². The van der Waals surface area contributed by atoms with Gasteiger partial charge in [-0.2, -0.15) is 0 Å². The Labute approximate surface area is 189 Å². The number of carbonyl (C=O) groups is 2. The largest absolute Gasteiger partial charge is 0.481 e. The number of rotatable bonds is 5. The number of anilines is 1. The molecule has 1 aliphatic rings. The highest BCUT2D eigenvalue weighted by Crippen LogP contribution is 2.28. The Morgan fingerprint density at radius 1 is 1.12 bits per heavy atom. The number of halogens is 2. The van der Waals surface area contributed by atoms with Crippen molar-refractivity contribution < 1.29 is 18.7 Å². The molecule has 4 rings (SSSR count). The van der Waals surface area contributed by atoms with Crippen LogP contribution >= 0.6 is 11.6 Å². The zero-order valence-electron chi connectivity index (χ0n) is 17.4. The van der Waals surface area contributed by atoms with E-state index in [2.05, 4.69) is 20.6 Å². The number of pyridine rings is 2. The maximum absolute atomic E-state index is 13.2. The van der Waals surface area contributed by atoms with Crippen molar-refractivity contribution in [2.75, 3.05) is 12.4 Å². The zero-order chi connectivity index (χ0) is 22.7. The van der Waals surface area contributed by atoms with E-state index in [1.54, 1.807) is 24.4 Å². The van der Waals surface area contributed by atoms with Crippen molar-refractivity contribution in [3.05, 3.63) is 59.0 Å². The topological polar surface area (TPSA) is 93.2 Å². The Morgan fingerprint density at radius 3 is 2.62 bits per heavy atom. The lowest BCUT2D eigenvalue weighted by Crippen LogP contribution is -2.39. The fourth-order valence-corrected chi connectivity index (χ4v) is 4.11. The van der Waals surface area contributed by atoms with E-state index in [9.17, 15) is 14.0 Å². The van der Waals surface area contributed by atoms with Gasteiger partial charge >= 0.3 is 0 Å². The van der Waals surface area contributed by atoms with E-state index in [0.717, 1.165) is 6.07 Å². The normalized spacial score (nSPS) is 18.2. The van der Waals surface area contributed by atoms with Crippen LogP contribution in [0.5, 0.6) is 5.88 Å². The fourth-order valence-electron chi connectivity index (χ4n) is 3.89. The van der Waals surface area contributed by atoms with Crippen molar-refractivity contribution in [1.29, 1.82) is 0 Å². The molecule has 0 bridgehead atoms. The third-order valence-corrected chi connectivity index (χ3v) is 5.95. The highest BCUT2D eigenvalue weighted by atomic mass is 35.5. The Morgan fingerprint density at radius 2 is 1.91 bits per heavy atom. The molecule has 0 spiro atoms. The lowest BCUT2D eigenvalue weighted by atomic mass is 9.85. The highest BCUT2D eigenvalue weighted by Gasteiger charge is 2.28. The van der Waals surface area contributed by atoms with Crippen molar-refractivity contribution in [2.45, 2.75) is 31.7 Å². The Bertz CT molecular complexity index is 1170. The number of hydrogen-bond acceptors (Lipinski definition) is 5. The van der Waals surface area contributed by atoms with Crippen molar-refractivity contribution in [1.82, 2.24) is 15.3 Å². The lowest BCUT2D eigenvalue weighted by Gasteiger charge is -2.28. The summed E-state index contributed by atoms with van der Waals surface area (Å²) < 4.78 is 18.4. The number of nitrogens with one attached hydrogen (secondary N) is 2. The predicted molar refractivity (Wildman–Crippen MR) is 119 cm³/mol. The zero-order valence-corrected chi connectivity index (χ0v) is 18.2. The van der Waals surface area contributed by atoms with Gasteiger partial charge in [-0.15, -0.1) is 0 Å². The molecule has 166 valence electrons. The molecule has 0 saturated heterocycles. The summed E-state index contributed by atoms with van der Waals surface area (Å²) in [5, 5.41) is 5.98. The van der Waals surface area contributed by atoms with Gasteiger partial charge in [-0.3, -0.25) is 14.6 Å². The Kier molecular flexibility index (Phi) is 6.50. The van der Waals surface area contributed by atoms with Gasteiger partial charge in [0.05, 0.1) is 28.9 Å². The first kappa shape index (κ1) is 22.0. The second-order valence-electron chi connectivity index (χ2n) is 7.72. The number of benzene rings is 1. The SMILES string of the molecule is COc1ccc2nccc(C(=O)N[C@H]3CC[C@H](C(=O)Nc4ccc(F)cc4Cl)CC3)c2n1. The molecule has 3 aromatic rings. The summed E-state index contributed by atoms with van der Waals surface area (Å²) in [6.07, 6.45) is 4.16. The van der Waals surface area contributed by atoms with Crippen LogP contribution in [0.2, 0.25) is 5.02 Å². The van der Waals surface area contributed by atoms with Crippen LogP contribution in [0.4, 0.5) is 10.1 Å². The van der Waals surface area contributed by atoms with Gasteiger partial charge in [0.2, 0.25) is 11.8 Å². The number of hydrogen-bond donors (Lipinski definition) is 2. The molecule has 0 radical (unpaired) electrons. The maximum Gasteiger partial charge on any atom is 0.253 e. The van der Waals surface area contributed by atoms with Crippen LogP contribution in [0.3, 0.4) is 0 Å². The fraction of sp³-hybridized carbons (Fsp3) is 0.304. The molecule has 9 heteroatoms. The van der Waals surface area contributed by atoms with Gasteiger partial charge in [0.15, 0.2) is 0 Å². The number of nitrogens with zero attached hydrogens (tertiary/aromatic N) is 2. The van der Waals surface area contributed by atoms with Crippen LogP contribution in [-0.2, 0) is 4.79 Å². The first-order valence-electron chi connectivity index (χ1n) is 10.3. The van der Waals surface area contributed by atoms with Crippen molar-refractivity contribution in [2.24, 2.45) is 5.92 Å². The number of ether oxygens (including phenoxy) is 1. The van der Waals surface area contributed by atoms with Gasteiger partial charge in [-0.25, -0.2) is 9.37 Å². The van der Waals surface area contributed by atoms with E-state index in [1.165, 1.54) is 19.2 Å². The van der Waals surface area contributed by atoms with Crippen LogP contribution in [0.15, 0.2) is 42.6 Å². The lowest BCUT2D eigenvalue weighted by molar-refractivity contribution is -0.120. The van der Waals surface area contributed by atoms with Crippen molar-refractivity contribution in [3.8, 4) is 5.88 Å². The predicted octanol–water partition coefficient (Wildman–Crippen LogP) is 4.36. The minimum atomic E-state index is -0.458. The monoisotopic (exact) mass is 456 g/mol. The minimum Gasteiger partial charge on any atom is -0.481 e. The second kappa shape index (κ2) is 9.48. The molecule has 0 atom stereocenters. The molecule has 2 heterocycles. The molecule has 2 amide bonds. The number of carbonyl (C=O) groups excluding carboxylic acids is 2. The first-order valence-corrected chi connectivity index (χ1v) is 10.7. The highest BCUT2D eigenvalue weighted by molar-refractivity contribution is 6.33. The summed E-state index contributed by atoms with van der Waals surface area (Å²) in [6, 6.07) is 8.91. The Hall–Kier alpha value is -3.26. The summed E-state index contributed by atoms with van der Waals surface area (Å²) in [5.74, 6) is -0.631. The Balaban J connectivity index is 1.36. The average Bonchev–Trinajstić information content (AvgIpc) is 2.80. The van der Waals surface area contributed by atoms with Crippen molar-refractivity contribution in [3.63, 3.8) is 0 Å². The minimum absolute atomic E-state index is 0.0465. The molecule has 2 N–H and O–H groups in total. The summed E-state index contributed by atoms with van der Waals surface area (Å²) in [4.78, 5) is 34.1. The number of amides is 2. The summed E-state index contributed by atoms with van der Waals surface area (Å²) in [6.45, 7) is 0. The van der Waals surface area contributed by atoms with Gasteiger partial charge in [-0.05, 0) is 56.0 Å². The van der Waals surface area contributed by atoms with E-state index in [-0.39, 0.29) is 28.8 Å². The quantitative estimate of drug-likeness (QED) is 0.595. The third-order valence-electron chi connectivity index (χ3n) is 5.63. The molecule has 1 aliphatic carbocycles. The summed E-state index contributed by atoms with van der Waals surface area (Å²) >= 11 is 5.99. The molecular weight excluding hydrogens is 435 g/mol. The first-order chi connectivity index (χ1) is 15.4. The molecule has 7 nitrogen and oxygen atoms in total. The van der Waals surface area contributed by atoms with Gasteiger partial charge in [-0.1, -0.05) is 11.6 Å². The molecular formula is C23H22ClFN4O3. The molecule has 2 aromatic heterocycles. The smallest absolute Gasteiger partial charge is 0.253 e. The second-order valence-corrected chi connectivity index (χ2v) is 8.12. The molecule has 1 saturated carbocycles. The van der Waals surface area contributed by atoms with E-state index >= 15 is 0 Å². The average molecular weight is 457 g/mol. The summed E-state index contributed by atoms with van der Waals surface area (Å²) in [5.41, 5.74) is 1.91. The van der Waals surface area contributed by atoms with E-state index in [1.807, 2.05) is 0 Å². The van der Waals surface area contributed by atoms with Gasteiger partial charge in [0, 0.05) is 24.2 Å². The van der Waals surface area contributed by atoms with Gasteiger partial charge in [0.25, 0.3) is 5.91 Å². The van der Waals surface area contributed by atoms with Gasteiger partial charge in [0.1, 0.15) is 11.3 Å². The standard InChI is InChI=1S/C23H22ClFN4O3/c1-32-20-9-8-19-21(29-20)16(10-11-26-19)23(31)27-15-5-2-13(3-6-15)22(30)28-18-7-4-14(25)12-17(18)24/h4,7-13,15H,2-3,5-6H2,1H3,(H,27,31)(H,28,30)/t13-,15-.